The number of ether oxygens (including phenoxy) is 2. The minimum absolute atomic E-state index is 0.0778. The van der Waals surface area contributed by atoms with Crippen molar-refractivity contribution < 1.29 is 14.3 Å². The van der Waals surface area contributed by atoms with Gasteiger partial charge in [-0.2, -0.15) is 5.21 Å². The van der Waals surface area contributed by atoms with Crippen LogP contribution in [0.2, 0.25) is 0 Å². The summed E-state index contributed by atoms with van der Waals surface area (Å²) >= 11 is 6.93. The number of amides is 1. The van der Waals surface area contributed by atoms with Gasteiger partial charge in [-0.3, -0.25) is 19.6 Å². The SMILES string of the molecule is O=C1C(=Cc2cc(-c3ccc4ncccc4c3)ccc2OCCN2CCOCC2)SC(=S)N1CCCCc1nn[nH]n1. The van der Waals surface area contributed by atoms with E-state index in [4.69, 9.17) is 21.7 Å². The number of hydrogen-bond donors (Lipinski definition) is 1. The van der Waals surface area contributed by atoms with Gasteiger partial charge in [-0.25, -0.2) is 0 Å². The Balaban J connectivity index is 1.21. The highest BCUT2D eigenvalue weighted by Gasteiger charge is 2.31. The molecule has 42 heavy (non-hydrogen) atoms. The third-order valence-electron chi connectivity index (χ3n) is 7.30. The number of aromatic amines is 1. The van der Waals surface area contributed by atoms with Crippen LogP contribution in [0.15, 0.2) is 59.6 Å². The number of aromatic nitrogens is 5. The predicted octanol–water partition coefficient (Wildman–Crippen LogP) is 4.35. The number of fused-ring (bicyclic) bond motifs is 1. The fourth-order valence-electron chi connectivity index (χ4n) is 5.01. The van der Waals surface area contributed by atoms with E-state index in [-0.39, 0.29) is 5.91 Å². The highest BCUT2D eigenvalue weighted by atomic mass is 32.2. The van der Waals surface area contributed by atoms with Crippen LogP contribution in [0.1, 0.15) is 24.2 Å². The number of aryl methyl sites for hydroxylation is 1. The van der Waals surface area contributed by atoms with E-state index in [1.807, 2.05) is 24.3 Å². The molecule has 2 aromatic heterocycles. The Bertz CT molecular complexity index is 1590. The molecule has 1 N–H and O–H groups in total. The molecule has 0 unspecified atom stereocenters. The van der Waals surface area contributed by atoms with Crippen LogP contribution in [-0.2, 0) is 16.0 Å². The lowest BCUT2D eigenvalue weighted by atomic mass is 10.0. The number of carbonyl (C=O) groups excluding carboxylic acids is 1. The second-order valence-corrected chi connectivity index (χ2v) is 11.8. The van der Waals surface area contributed by atoms with Crippen LogP contribution in [0.5, 0.6) is 5.75 Å². The van der Waals surface area contributed by atoms with Crippen molar-refractivity contribution in [2.24, 2.45) is 0 Å². The van der Waals surface area contributed by atoms with Crippen LogP contribution >= 0.6 is 24.0 Å². The number of benzene rings is 2. The third kappa shape index (κ3) is 6.84. The van der Waals surface area contributed by atoms with Gasteiger partial charge in [0.05, 0.1) is 23.6 Å². The quantitative estimate of drug-likeness (QED) is 0.151. The average molecular weight is 602 g/mol. The Hall–Kier alpha value is -3.71. The maximum absolute atomic E-state index is 13.4. The Morgan fingerprint density at radius 3 is 2.79 bits per heavy atom. The number of H-pyrrole nitrogens is 1. The van der Waals surface area contributed by atoms with E-state index in [0.29, 0.717) is 34.6 Å². The number of tetrazole rings is 1. The van der Waals surface area contributed by atoms with Gasteiger partial charge in [-0.1, -0.05) is 47.4 Å². The molecule has 10 nitrogen and oxygen atoms in total. The van der Waals surface area contributed by atoms with E-state index in [0.717, 1.165) is 79.0 Å². The number of thiocarbonyl (C=S) groups is 1. The number of hydrogen-bond acceptors (Lipinski definition) is 10. The summed E-state index contributed by atoms with van der Waals surface area (Å²) in [7, 11) is 0. The van der Waals surface area contributed by atoms with Gasteiger partial charge in [0.25, 0.3) is 5.91 Å². The summed E-state index contributed by atoms with van der Waals surface area (Å²) in [5, 5.41) is 15.1. The van der Waals surface area contributed by atoms with Crippen molar-refractivity contribution in [2.75, 3.05) is 46.0 Å². The van der Waals surface area contributed by atoms with E-state index in [1.54, 1.807) is 11.1 Å². The molecular formula is C30H31N7O3S2. The number of pyridine rings is 1. The Morgan fingerprint density at radius 1 is 1.07 bits per heavy atom. The van der Waals surface area contributed by atoms with Crippen LogP contribution in [-0.4, -0.2) is 91.6 Å². The first kappa shape index (κ1) is 28.4. The summed E-state index contributed by atoms with van der Waals surface area (Å²) in [4.78, 5) is 22.5. The first-order valence-corrected chi connectivity index (χ1v) is 15.3. The minimum Gasteiger partial charge on any atom is -0.492 e. The Labute approximate surface area is 253 Å². The molecule has 0 radical (unpaired) electrons. The van der Waals surface area contributed by atoms with Crippen LogP contribution in [0.25, 0.3) is 28.1 Å². The second-order valence-electron chi connectivity index (χ2n) is 10.1. The summed E-state index contributed by atoms with van der Waals surface area (Å²) < 4.78 is 12.3. The van der Waals surface area contributed by atoms with Crippen molar-refractivity contribution in [3.05, 3.63) is 71.0 Å². The van der Waals surface area contributed by atoms with Crippen molar-refractivity contribution in [1.82, 2.24) is 35.4 Å². The largest absolute Gasteiger partial charge is 0.492 e. The number of carbonyl (C=O) groups is 1. The lowest BCUT2D eigenvalue weighted by Gasteiger charge is -2.26. The zero-order valence-electron chi connectivity index (χ0n) is 23.1. The number of morpholine rings is 1. The molecule has 0 bridgehead atoms. The molecule has 4 heterocycles. The van der Waals surface area contributed by atoms with E-state index in [2.05, 4.69) is 60.8 Å². The fraction of sp³-hybridized carbons (Fsp3) is 0.333. The molecule has 2 aliphatic heterocycles. The van der Waals surface area contributed by atoms with E-state index >= 15 is 0 Å². The molecular weight excluding hydrogens is 571 g/mol. The average Bonchev–Trinajstić information content (AvgIpc) is 3.63. The number of rotatable bonds is 11. The van der Waals surface area contributed by atoms with E-state index in [9.17, 15) is 4.79 Å². The monoisotopic (exact) mass is 601 g/mol. The summed E-state index contributed by atoms with van der Waals surface area (Å²) in [6, 6.07) is 16.4. The molecule has 0 saturated carbocycles. The first-order valence-electron chi connectivity index (χ1n) is 14.0. The first-order chi connectivity index (χ1) is 20.6. The smallest absolute Gasteiger partial charge is 0.266 e. The van der Waals surface area contributed by atoms with E-state index < -0.39 is 0 Å². The number of thioether (sulfide) groups is 1. The number of nitrogens with zero attached hydrogens (tertiary/aromatic N) is 6. The maximum atomic E-state index is 13.4. The van der Waals surface area contributed by atoms with Crippen molar-refractivity contribution in [3.63, 3.8) is 0 Å². The van der Waals surface area contributed by atoms with Gasteiger partial charge in [0.15, 0.2) is 5.82 Å². The number of unbranched alkanes of at least 4 members (excludes halogenated alkanes) is 1. The fourth-order valence-corrected chi connectivity index (χ4v) is 6.31. The van der Waals surface area contributed by atoms with Gasteiger partial charge in [0.2, 0.25) is 0 Å². The topological polar surface area (TPSA) is 109 Å². The second kappa shape index (κ2) is 13.5. The number of nitrogens with one attached hydrogen (secondary N) is 1. The van der Waals surface area contributed by atoms with Crippen molar-refractivity contribution >= 4 is 51.2 Å². The molecule has 216 valence electrons. The molecule has 2 aliphatic rings. The summed E-state index contributed by atoms with van der Waals surface area (Å²) in [6.07, 6.45) is 6.03. The molecule has 1 amide bonds. The van der Waals surface area contributed by atoms with Crippen molar-refractivity contribution in [1.29, 1.82) is 0 Å². The van der Waals surface area contributed by atoms with Gasteiger partial charge in [-0.15, -0.1) is 10.2 Å². The lowest BCUT2D eigenvalue weighted by Crippen LogP contribution is -2.38. The van der Waals surface area contributed by atoms with Crippen LogP contribution < -0.4 is 4.74 Å². The molecule has 2 fully saturated rings. The summed E-state index contributed by atoms with van der Waals surface area (Å²) in [6.45, 7) is 5.22. The van der Waals surface area contributed by atoms with Crippen molar-refractivity contribution in [3.8, 4) is 16.9 Å². The summed E-state index contributed by atoms with van der Waals surface area (Å²) in [5.41, 5.74) is 3.90. The van der Waals surface area contributed by atoms with Crippen LogP contribution in [0.4, 0.5) is 0 Å². The molecule has 0 aliphatic carbocycles. The molecule has 2 aromatic carbocycles. The van der Waals surface area contributed by atoms with Gasteiger partial charge < -0.3 is 9.47 Å². The third-order valence-corrected chi connectivity index (χ3v) is 8.67. The van der Waals surface area contributed by atoms with Crippen molar-refractivity contribution in [2.45, 2.75) is 19.3 Å². The minimum atomic E-state index is -0.0778. The van der Waals surface area contributed by atoms with Gasteiger partial charge in [0.1, 0.15) is 16.7 Å². The van der Waals surface area contributed by atoms with Crippen LogP contribution in [0, 0.1) is 0 Å². The maximum Gasteiger partial charge on any atom is 0.266 e. The molecule has 12 heteroatoms. The van der Waals surface area contributed by atoms with Gasteiger partial charge >= 0.3 is 0 Å². The Morgan fingerprint density at radius 2 is 1.93 bits per heavy atom. The lowest BCUT2D eigenvalue weighted by molar-refractivity contribution is -0.122. The highest BCUT2D eigenvalue weighted by molar-refractivity contribution is 8.26. The van der Waals surface area contributed by atoms with E-state index in [1.165, 1.54) is 11.8 Å². The van der Waals surface area contributed by atoms with Gasteiger partial charge in [0, 0.05) is 49.7 Å². The molecule has 0 spiro atoms. The Kier molecular flexibility index (Phi) is 9.14. The van der Waals surface area contributed by atoms with Crippen LogP contribution in [0.3, 0.4) is 0 Å². The highest BCUT2D eigenvalue weighted by Crippen LogP contribution is 2.36. The zero-order valence-corrected chi connectivity index (χ0v) is 24.7. The molecule has 2 saturated heterocycles. The predicted molar refractivity (Wildman–Crippen MR) is 167 cm³/mol. The normalized spacial score (nSPS) is 17.0. The zero-order chi connectivity index (χ0) is 28.7. The molecule has 4 aromatic rings. The molecule has 0 atom stereocenters. The standard InChI is InChI=1S/C30H31N7O3S2/c38-29-27(42-30(41)37(29)11-2-1-5-28-32-34-35-33-28)20-24-19-22(21-6-8-25-23(18-21)4-3-10-31-25)7-9-26(24)40-17-14-36-12-15-39-16-13-36/h3-4,6-10,18-20H,1-2,5,11-17H2,(H,32,33,34,35). The summed E-state index contributed by atoms with van der Waals surface area (Å²) in [5.74, 6) is 1.33. The molecule has 6 rings (SSSR count). The van der Waals surface area contributed by atoms with Gasteiger partial charge in [-0.05, 0) is 60.4 Å².